The van der Waals surface area contributed by atoms with Crippen molar-refractivity contribution in [3.05, 3.63) is 52.2 Å². The quantitative estimate of drug-likeness (QED) is 0.503. The molecule has 0 saturated carbocycles. The van der Waals surface area contributed by atoms with Crippen LogP contribution in [0.15, 0.2) is 36.0 Å². The van der Waals surface area contributed by atoms with E-state index in [9.17, 15) is 18.0 Å². The summed E-state index contributed by atoms with van der Waals surface area (Å²) in [5.41, 5.74) is -0.673. The number of carboxylic acid groups (broad SMARTS) is 1. The first-order valence-corrected chi connectivity index (χ1v) is 8.07. The fourth-order valence-corrected chi connectivity index (χ4v) is 2.20. The van der Waals surface area contributed by atoms with Crippen LogP contribution in [0.4, 0.5) is 13.2 Å². The summed E-state index contributed by atoms with van der Waals surface area (Å²) in [4.78, 5) is 14.7. The normalized spacial score (nSPS) is 12.0. The largest absolute Gasteiger partial charge is 0.478 e. The molecular formula is C18H15ClF3NO5. The van der Waals surface area contributed by atoms with Crippen LogP contribution in [0.25, 0.3) is 6.08 Å². The summed E-state index contributed by atoms with van der Waals surface area (Å²) in [7, 11) is 1.43. The molecule has 0 aliphatic rings. The molecule has 1 N–H and O–H groups in total. The third kappa shape index (κ3) is 5.61. The maximum absolute atomic E-state index is 12.7. The molecule has 10 heteroatoms. The Balaban J connectivity index is 2.43. The number of pyridine rings is 1. The first-order valence-electron chi connectivity index (χ1n) is 7.69. The van der Waals surface area contributed by atoms with Crippen molar-refractivity contribution in [2.75, 3.05) is 13.9 Å². The molecule has 150 valence electrons. The number of aromatic nitrogens is 1. The van der Waals surface area contributed by atoms with E-state index in [1.54, 1.807) is 6.07 Å². The summed E-state index contributed by atoms with van der Waals surface area (Å²) >= 11 is 5.87. The number of carboxylic acids is 1. The van der Waals surface area contributed by atoms with E-state index in [-0.39, 0.29) is 29.0 Å². The van der Waals surface area contributed by atoms with E-state index >= 15 is 0 Å². The van der Waals surface area contributed by atoms with Gasteiger partial charge in [-0.2, -0.15) is 13.2 Å². The molecule has 0 unspecified atom stereocenters. The number of ether oxygens (including phenoxy) is 3. The van der Waals surface area contributed by atoms with Gasteiger partial charge in [-0.15, -0.1) is 0 Å². The van der Waals surface area contributed by atoms with E-state index in [1.807, 2.05) is 0 Å². The maximum atomic E-state index is 12.7. The smallest absolute Gasteiger partial charge is 0.417 e. The Bertz CT molecular complexity index is 899. The number of alkyl halides is 3. The lowest BCUT2D eigenvalue weighted by Crippen LogP contribution is -2.06. The summed E-state index contributed by atoms with van der Waals surface area (Å²) in [5, 5.41) is 8.70. The van der Waals surface area contributed by atoms with E-state index in [0.717, 1.165) is 0 Å². The molecule has 0 atom stereocenters. The van der Waals surface area contributed by atoms with Gasteiger partial charge >= 0.3 is 12.1 Å². The standard InChI is InChI=1S/C18H15ClF3NO5/c1-10(17(24)25)5-11-3-4-13(27-9-26-2)7-15(11)28-16-14(19)6-12(8-23-16)18(20,21)22/h3-8H,9H2,1-2H3,(H,24,25)/b10-5-. The monoisotopic (exact) mass is 417 g/mol. The number of benzene rings is 1. The minimum atomic E-state index is -4.60. The molecule has 0 spiro atoms. The van der Waals surface area contributed by atoms with Gasteiger partial charge in [-0.3, -0.25) is 0 Å². The number of methoxy groups -OCH3 is 1. The SMILES string of the molecule is COCOc1ccc(/C=C(/C)C(=O)O)c(Oc2ncc(C(F)(F)F)cc2Cl)c1. The molecule has 2 rings (SSSR count). The van der Waals surface area contributed by atoms with Crippen LogP contribution >= 0.6 is 11.6 Å². The van der Waals surface area contributed by atoms with Crippen molar-refractivity contribution < 1.29 is 37.3 Å². The Morgan fingerprint density at radius 3 is 2.61 bits per heavy atom. The first kappa shape index (κ1) is 21.5. The fraction of sp³-hybridized carbons (Fsp3) is 0.222. The van der Waals surface area contributed by atoms with Crippen molar-refractivity contribution >= 4 is 23.6 Å². The topological polar surface area (TPSA) is 77.9 Å². The number of hydrogen-bond acceptors (Lipinski definition) is 5. The second-order valence-electron chi connectivity index (χ2n) is 5.49. The number of aliphatic carboxylic acids is 1. The average molecular weight is 418 g/mol. The van der Waals surface area contributed by atoms with Gasteiger partial charge in [0.25, 0.3) is 0 Å². The highest BCUT2D eigenvalue weighted by atomic mass is 35.5. The number of halogens is 4. The van der Waals surface area contributed by atoms with Crippen LogP contribution in [0, 0.1) is 0 Å². The molecule has 0 radical (unpaired) electrons. The fourth-order valence-electron chi connectivity index (χ4n) is 1.99. The highest BCUT2D eigenvalue weighted by Gasteiger charge is 2.31. The van der Waals surface area contributed by atoms with E-state index in [0.29, 0.717) is 23.6 Å². The van der Waals surface area contributed by atoms with Gasteiger partial charge in [-0.1, -0.05) is 11.6 Å². The van der Waals surface area contributed by atoms with Gasteiger partial charge in [-0.25, -0.2) is 9.78 Å². The molecule has 0 bridgehead atoms. The summed E-state index contributed by atoms with van der Waals surface area (Å²) in [6.07, 6.45) is -2.68. The summed E-state index contributed by atoms with van der Waals surface area (Å²) in [6.45, 7) is 1.33. The molecule has 1 aromatic heterocycles. The van der Waals surface area contributed by atoms with Crippen LogP contribution in [-0.2, 0) is 15.7 Å². The maximum Gasteiger partial charge on any atom is 0.417 e. The van der Waals surface area contributed by atoms with Crippen molar-refractivity contribution in [2.24, 2.45) is 0 Å². The lowest BCUT2D eigenvalue weighted by atomic mass is 10.1. The number of rotatable bonds is 7. The van der Waals surface area contributed by atoms with Crippen molar-refractivity contribution in [1.82, 2.24) is 4.98 Å². The van der Waals surface area contributed by atoms with Crippen molar-refractivity contribution in [1.29, 1.82) is 0 Å². The number of hydrogen-bond donors (Lipinski definition) is 1. The van der Waals surface area contributed by atoms with E-state index in [2.05, 4.69) is 4.98 Å². The van der Waals surface area contributed by atoms with Crippen molar-refractivity contribution in [3.8, 4) is 17.4 Å². The summed E-state index contributed by atoms with van der Waals surface area (Å²) in [6, 6.07) is 5.17. The predicted molar refractivity (Wildman–Crippen MR) is 94.6 cm³/mol. The highest BCUT2D eigenvalue weighted by molar-refractivity contribution is 6.31. The second kappa shape index (κ2) is 8.94. The second-order valence-corrected chi connectivity index (χ2v) is 5.90. The van der Waals surface area contributed by atoms with Crippen LogP contribution in [-0.4, -0.2) is 30.0 Å². The summed E-state index contributed by atoms with van der Waals surface area (Å²) in [5.74, 6) is -1.01. The molecule has 0 aliphatic carbocycles. The van der Waals surface area contributed by atoms with E-state index in [4.69, 9.17) is 30.9 Å². The number of carbonyl (C=O) groups is 1. The Hall–Kier alpha value is -2.78. The molecule has 0 aliphatic heterocycles. The van der Waals surface area contributed by atoms with Gasteiger partial charge < -0.3 is 19.3 Å². The van der Waals surface area contributed by atoms with E-state index in [1.165, 1.54) is 32.2 Å². The van der Waals surface area contributed by atoms with Gasteiger partial charge in [0.05, 0.1) is 5.56 Å². The third-order valence-corrected chi connectivity index (χ3v) is 3.65. The minimum Gasteiger partial charge on any atom is -0.478 e. The Morgan fingerprint density at radius 1 is 1.32 bits per heavy atom. The molecule has 0 amide bonds. The van der Waals surface area contributed by atoms with Crippen LogP contribution < -0.4 is 9.47 Å². The molecule has 2 aromatic rings. The Labute approximate surface area is 163 Å². The first-order chi connectivity index (χ1) is 13.1. The van der Waals surface area contributed by atoms with Gasteiger partial charge in [0.1, 0.15) is 16.5 Å². The van der Waals surface area contributed by atoms with Crippen LogP contribution in [0.5, 0.6) is 17.4 Å². The lowest BCUT2D eigenvalue weighted by Gasteiger charge is -2.13. The van der Waals surface area contributed by atoms with Gasteiger partial charge in [0, 0.05) is 30.5 Å². The van der Waals surface area contributed by atoms with Crippen LogP contribution in [0.3, 0.4) is 0 Å². The average Bonchev–Trinajstić information content (AvgIpc) is 2.62. The third-order valence-electron chi connectivity index (χ3n) is 3.38. The predicted octanol–water partition coefficient (Wildman–Crippen LogP) is 5.02. The Kier molecular flexibility index (Phi) is 6.87. The van der Waals surface area contributed by atoms with Gasteiger partial charge in [0.15, 0.2) is 6.79 Å². The van der Waals surface area contributed by atoms with Crippen molar-refractivity contribution in [3.63, 3.8) is 0 Å². The minimum absolute atomic E-state index is 0.0156. The zero-order chi connectivity index (χ0) is 20.9. The molecule has 0 fully saturated rings. The molecule has 1 aromatic carbocycles. The van der Waals surface area contributed by atoms with E-state index < -0.39 is 17.7 Å². The lowest BCUT2D eigenvalue weighted by molar-refractivity contribution is -0.138. The van der Waals surface area contributed by atoms with Gasteiger partial charge in [0.2, 0.25) is 5.88 Å². The number of nitrogens with zero attached hydrogens (tertiary/aromatic N) is 1. The van der Waals surface area contributed by atoms with Crippen molar-refractivity contribution in [2.45, 2.75) is 13.1 Å². The zero-order valence-corrected chi connectivity index (χ0v) is 15.5. The summed E-state index contributed by atoms with van der Waals surface area (Å²) < 4.78 is 53.9. The molecule has 28 heavy (non-hydrogen) atoms. The molecule has 1 heterocycles. The zero-order valence-electron chi connectivity index (χ0n) is 14.7. The van der Waals surface area contributed by atoms with Gasteiger partial charge in [-0.05, 0) is 31.2 Å². The highest BCUT2D eigenvalue weighted by Crippen LogP contribution is 2.36. The van der Waals surface area contributed by atoms with Crippen LogP contribution in [0.2, 0.25) is 5.02 Å². The molecular weight excluding hydrogens is 403 g/mol. The molecule has 6 nitrogen and oxygen atoms in total. The Morgan fingerprint density at radius 2 is 2.04 bits per heavy atom. The van der Waals surface area contributed by atoms with Crippen LogP contribution in [0.1, 0.15) is 18.1 Å². The molecule has 0 saturated heterocycles.